The fourth-order valence-electron chi connectivity index (χ4n) is 2.24. The van der Waals surface area contributed by atoms with Crippen LogP contribution in [0.4, 0.5) is 10.8 Å². The second-order valence-electron chi connectivity index (χ2n) is 5.91. The van der Waals surface area contributed by atoms with Crippen molar-refractivity contribution in [1.82, 2.24) is 10.2 Å². The number of amides is 2. The van der Waals surface area contributed by atoms with Crippen molar-refractivity contribution in [3.63, 3.8) is 0 Å². The monoisotopic (exact) mass is 442 g/mol. The first-order valence-corrected chi connectivity index (χ1v) is 11.1. The third kappa shape index (κ3) is 5.87. The normalized spacial score (nSPS) is 12.1. The number of hydrogen-bond donors (Lipinski definition) is 2. The van der Waals surface area contributed by atoms with Crippen molar-refractivity contribution in [2.24, 2.45) is 0 Å². The molecule has 0 saturated heterocycles. The Kier molecular flexibility index (Phi) is 7.51. The van der Waals surface area contributed by atoms with Gasteiger partial charge in [-0.25, -0.2) is 8.42 Å². The number of methoxy groups -OCH3 is 2. The summed E-state index contributed by atoms with van der Waals surface area (Å²) in [5, 5.41) is 12.0. The van der Waals surface area contributed by atoms with E-state index in [-0.39, 0.29) is 5.13 Å². The molecule has 0 aliphatic rings. The molecule has 1 aromatic carbocycles. The molecular formula is C17H22N4O6S2. The van der Waals surface area contributed by atoms with Gasteiger partial charge in [-0.3, -0.25) is 14.9 Å². The van der Waals surface area contributed by atoms with E-state index in [1.54, 1.807) is 12.1 Å². The molecule has 0 bridgehead atoms. The van der Waals surface area contributed by atoms with Gasteiger partial charge in [-0.2, -0.15) is 0 Å². The number of aromatic nitrogens is 2. The largest absolute Gasteiger partial charge is 0.493 e. The summed E-state index contributed by atoms with van der Waals surface area (Å²) in [4.78, 5) is 24.4. The van der Waals surface area contributed by atoms with Crippen LogP contribution in [0, 0.1) is 0 Å². The maximum absolute atomic E-state index is 12.4. The van der Waals surface area contributed by atoms with E-state index in [0.717, 1.165) is 11.3 Å². The molecule has 2 aromatic rings. The van der Waals surface area contributed by atoms with E-state index in [1.807, 2.05) is 6.92 Å². The standard InChI is InChI=1S/C17H22N4O6S2/c1-5-15-20-21-17(28-15)19-16(23)10(2)29(24,25)9-14(22)18-11-6-7-12(26-3)13(8-11)27-4/h6-8,10H,5,9H2,1-4H3,(H,18,22)(H,19,21,23). The Morgan fingerprint density at radius 3 is 2.41 bits per heavy atom. The smallest absolute Gasteiger partial charge is 0.244 e. The molecule has 1 heterocycles. The van der Waals surface area contributed by atoms with Gasteiger partial charge in [0.25, 0.3) is 0 Å². The minimum atomic E-state index is -4.05. The molecule has 2 rings (SSSR count). The van der Waals surface area contributed by atoms with Crippen molar-refractivity contribution in [2.45, 2.75) is 25.5 Å². The highest BCUT2D eigenvalue weighted by Gasteiger charge is 2.31. The summed E-state index contributed by atoms with van der Waals surface area (Å²) >= 11 is 1.16. The van der Waals surface area contributed by atoms with Crippen LogP contribution in [-0.4, -0.2) is 55.7 Å². The lowest BCUT2D eigenvalue weighted by Gasteiger charge is -2.13. The summed E-state index contributed by atoms with van der Waals surface area (Å²) in [6.45, 7) is 3.10. The third-order valence-electron chi connectivity index (χ3n) is 3.91. The van der Waals surface area contributed by atoms with Gasteiger partial charge >= 0.3 is 0 Å². The lowest BCUT2D eigenvalue weighted by atomic mass is 10.2. The predicted octanol–water partition coefficient (Wildman–Crippen LogP) is 1.50. The van der Waals surface area contributed by atoms with E-state index in [0.29, 0.717) is 28.6 Å². The van der Waals surface area contributed by atoms with Crippen LogP contribution < -0.4 is 20.1 Å². The van der Waals surface area contributed by atoms with E-state index in [2.05, 4.69) is 20.8 Å². The zero-order valence-electron chi connectivity index (χ0n) is 16.4. The minimum absolute atomic E-state index is 0.212. The van der Waals surface area contributed by atoms with Gasteiger partial charge in [0.1, 0.15) is 16.0 Å². The van der Waals surface area contributed by atoms with E-state index in [4.69, 9.17) is 9.47 Å². The number of benzene rings is 1. The summed E-state index contributed by atoms with van der Waals surface area (Å²) in [5.74, 6) is -1.56. The molecule has 12 heteroatoms. The van der Waals surface area contributed by atoms with Gasteiger partial charge in [-0.05, 0) is 25.5 Å². The van der Waals surface area contributed by atoms with Crippen LogP contribution in [0.25, 0.3) is 0 Å². The fraction of sp³-hybridized carbons (Fsp3) is 0.412. The molecule has 2 amide bonds. The van der Waals surface area contributed by atoms with Gasteiger partial charge in [-0.15, -0.1) is 10.2 Å². The molecular weight excluding hydrogens is 420 g/mol. The Labute approximate surface area is 172 Å². The molecule has 1 aromatic heterocycles. The summed E-state index contributed by atoms with van der Waals surface area (Å²) in [6.07, 6.45) is 0.651. The highest BCUT2D eigenvalue weighted by Crippen LogP contribution is 2.29. The highest BCUT2D eigenvalue weighted by molar-refractivity contribution is 7.93. The first-order valence-electron chi connectivity index (χ1n) is 8.56. The van der Waals surface area contributed by atoms with Crippen LogP contribution in [0.5, 0.6) is 11.5 Å². The average molecular weight is 443 g/mol. The predicted molar refractivity (Wildman–Crippen MR) is 109 cm³/mol. The SMILES string of the molecule is CCc1nnc(NC(=O)C(C)S(=O)(=O)CC(=O)Nc2ccc(OC)c(OC)c2)s1. The van der Waals surface area contributed by atoms with Crippen LogP contribution in [0.3, 0.4) is 0 Å². The Morgan fingerprint density at radius 2 is 1.83 bits per heavy atom. The van der Waals surface area contributed by atoms with Crippen LogP contribution in [0.1, 0.15) is 18.9 Å². The van der Waals surface area contributed by atoms with E-state index in [1.165, 1.54) is 27.2 Å². The molecule has 0 spiro atoms. The molecule has 1 atom stereocenters. The molecule has 0 saturated carbocycles. The fourth-order valence-corrected chi connectivity index (χ4v) is 3.99. The Bertz CT molecular complexity index is 990. The molecule has 0 aliphatic carbocycles. The number of rotatable bonds is 9. The first-order chi connectivity index (χ1) is 13.7. The van der Waals surface area contributed by atoms with Crippen LogP contribution >= 0.6 is 11.3 Å². The van der Waals surface area contributed by atoms with Gasteiger partial charge < -0.3 is 14.8 Å². The second kappa shape index (κ2) is 9.65. The highest BCUT2D eigenvalue weighted by atomic mass is 32.2. The summed E-state index contributed by atoms with van der Waals surface area (Å²) in [6, 6.07) is 4.62. The molecule has 1 unspecified atom stereocenters. The van der Waals surface area contributed by atoms with E-state index in [9.17, 15) is 18.0 Å². The van der Waals surface area contributed by atoms with Crippen LogP contribution in [0.15, 0.2) is 18.2 Å². The molecule has 0 fully saturated rings. The van der Waals surface area contributed by atoms with Gasteiger partial charge in [0.05, 0.1) is 14.2 Å². The Hall–Kier alpha value is -2.73. The number of sulfone groups is 1. The lowest BCUT2D eigenvalue weighted by Crippen LogP contribution is -2.37. The summed E-state index contributed by atoms with van der Waals surface area (Å²) in [5.41, 5.74) is 0.334. The Morgan fingerprint density at radius 1 is 1.14 bits per heavy atom. The summed E-state index contributed by atoms with van der Waals surface area (Å²) < 4.78 is 35.1. The van der Waals surface area contributed by atoms with Gasteiger partial charge in [0.15, 0.2) is 21.3 Å². The zero-order valence-corrected chi connectivity index (χ0v) is 18.0. The number of carbonyl (C=O) groups is 2. The van der Waals surface area contributed by atoms with Crippen molar-refractivity contribution in [3.8, 4) is 11.5 Å². The van der Waals surface area contributed by atoms with Crippen molar-refractivity contribution in [1.29, 1.82) is 0 Å². The molecule has 10 nitrogen and oxygen atoms in total. The van der Waals surface area contributed by atoms with Crippen molar-refractivity contribution in [3.05, 3.63) is 23.2 Å². The van der Waals surface area contributed by atoms with Gasteiger partial charge in [-0.1, -0.05) is 18.3 Å². The molecule has 2 N–H and O–H groups in total. The van der Waals surface area contributed by atoms with Crippen molar-refractivity contribution >= 4 is 43.8 Å². The second-order valence-corrected chi connectivity index (χ2v) is 9.29. The van der Waals surface area contributed by atoms with Crippen LogP contribution in [-0.2, 0) is 25.8 Å². The summed E-state index contributed by atoms with van der Waals surface area (Å²) in [7, 11) is -1.14. The van der Waals surface area contributed by atoms with Crippen LogP contribution in [0.2, 0.25) is 0 Å². The molecule has 158 valence electrons. The number of hydrogen-bond acceptors (Lipinski definition) is 9. The number of ether oxygens (including phenoxy) is 2. The van der Waals surface area contributed by atoms with Crippen molar-refractivity contribution in [2.75, 3.05) is 30.6 Å². The Balaban J connectivity index is 2.01. The quantitative estimate of drug-likeness (QED) is 0.596. The number of anilines is 2. The molecule has 0 aliphatic heterocycles. The van der Waals surface area contributed by atoms with Crippen molar-refractivity contribution < 1.29 is 27.5 Å². The van der Waals surface area contributed by atoms with E-state index >= 15 is 0 Å². The third-order valence-corrected chi connectivity index (χ3v) is 6.85. The topological polar surface area (TPSA) is 137 Å². The average Bonchev–Trinajstić information content (AvgIpc) is 3.14. The first kappa shape index (κ1) is 22.6. The molecule has 29 heavy (non-hydrogen) atoms. The number of nitrogens with zero attached hydrogens (tertiary/aromatic N) is 2. The lowest BCUT2D eigenvalue weighted by molar-refractivity contribution is -0.115. The number of carbonyl (C=O) groups excluding carboxylic acids is 2. The molecule has 0 radical (unpaired) electrons. The van der Waals surface area contributed by atoms with Gasteiger partial charge in [0, 0.05) is 11.8 Å². The number of nitrogens with one attached hydrogen (secondary N) is 2. The maximum atomic E-state index is 12.4. The maximum Gasteiger partial charge on any atom is 0.244 e. The van der Waals surface area contributed by atoms with E-state index < -0.39 is 32.7 Å². The van der Waals surface area contributed by atoms with Gasteiger partial charge in [0.2, 0.25) is 16.9 Å². The minimum Gasteiger partial charge on any atom is -0.493 e. The number of aryl methyl sites for hydroxylation is 1. The zero-order chi connectivity index (χ0) is 21.6.